The van der Waals surface area contributed by atoms with Gasteiger partial charge in [0.15, 0.2) is 0 Å². The average Bonchev–Trinajstić information content (AvgIpc) is 2.30. The summed E-state index contributed by atoms with van der Waals surface area (Å²) >= 11 is 0. The van der Waals surface area contributed by atoms with Gasteiger partial charge < -0.3 is 0 Å². The molecule has 1 fully saturated rings. The number of carbonyl (C=O) groups is 2. The zero-order chi connectivity index (χ0) is 12.0. The van der Waals surface area contributed by atoms with E-state index in [0.29, 0.717) is 12.8 Å². The molecule has 0 aromatic heterocycles. The molecule has 16 heavy (non-hydrogen) atoms. The van der Waals surface area contributed by atoms with Crippen LogP contribution in [0.4, 0.5) is 0 Å². The van der Waals surface area contributed by atoms with Crippen LogP contribution in [-0.2, 0) is 9.59 Å². The molecule has 8 nitrogen and oxygen atoms in total. The van der Waals surface area contributed by atoms with E-state index in [1.807, 2.05) is 0 Å². The summed E-state index contributed by atoms with van der Waals surface area (Å²) in [6, 6.07) is 0. The minimum absolute atomic E-state index is 0.280. The average molecular weight is 222 g/mol. The third-order valence-corrected chi connectivity index (χ3v) is 2.80. The Bertz CT molecular complexity index is 367. The Balaban J connectivity index is 3.09. The van der Waals surface area contributed by atoms with Crippen molar-refractivity contribution in [1.29, 1.82) is 0 Å². The van der Waals surface area contributed by atoms with Gasteiger partial charge >= 0.3 is 0 Å². The molecule has 0 heterocycles. The fourth-order valence-corrected chi connectivity index (χ4v) is 1.95. The Morgan fingerprint density at radius 3 is 1.75 bits per heavy atom. The molecule has 1 rings (SSSR count). The third-order valence-electron chi connectivity index (χ3n) is 2.80. The van der Waals surface area contributed by atoms with Gasteiger partial charge in [-0.1, -0.05) is 19.3 Å². The van der Waals surface area contributed by atoms with Gasteiger partial charge in [0.25, 0.3) is 0 Å². The van der Waals surface area contributed by atoms with Crippen molar-refractivity contribution in [3.63, 3.8) is 0 Å². The van der Waals surface area contributed by atoms with Crippen LogP contribution in [0.1, 0.15) is 32.1 Å². The van der Waals surface area contributed by atoms with Crippen LogP contribution in [-0.4, -0.2) is 11.8 Å². The predicted molar refractivity (Wildman–Crippen MR) is 53.8 cm³/mol. The Morgan fingerprint density at radius 1 is 0.938 bits per heavy atom. The molecule has 0 radical (unpaired) electrons. The van der Waals surface area contributed by atoms with Gasteiger partial charge in [-0.3, -0.25) is 9.59 Å². The van der Waals surface area contributed by atoms with Crippen molar-refractivity contribution in [2.75, 3.05) is 0 Å². The van der Waals surface area contributed by atoms with Gasteiger partial charge in [0.2, 0.25) is 11.8 Å². The molecule has 1 saturated carbocycles. The molecule has 0 saturated heterocycles. The second kappa shape index (κ2) is 5.16. The van der Waals surface area contributed by atoms with Gasteiger partial charge in [0, 0.05) is 9.82 Å². The molecule has 0 N–H and O–H groups in total. The zero-order valence-corrected chi connectivity index (χ0v) is 8.54. The summed E-state index contributed by atoms with van der Waals surface area (Å²) in [7, 11) is 0. The van der Waals surface area contributed by atoms with Gasteiger partial charge in [0.1, 0.15) is 5.41 Å². The lowest BCUT2D eigenvalue weighted by Gasteiger charge is -2.31. The van der Waals surface area contributed by atoms with E-state index in [2.05, 4.69) is 20.1 Å². The molecule has 0 aromatic carbocycles. The van der Waals surface area contributed by atoms with E-state index < -0.39 is 17.2 Å². The third kappa shape index (κ3) is 2.13. The number of carbonyl (C=O) groups excluding carboxylic acids is 2. The normalized spacial score (nSPS) is 17.8. The highest BCUT2D eigenvalue weighted by atomic mass is 16.2. The van der Waals surface area contributed by atoms with Crippen molar-refractivity contribution in [3.05, 3.63) is 20.9 Å². The molecule has 8 heteroatoms. The number of amides is 2. The van der Waals surface area contributed by atoms with E-state index >= 15 is 0 Å². The van der Waals surface area contributed by atoms with Crippen LogP contribution in [0.25, 0.3) is 20.9 Å². The summed E-state index contributed by atoms with van der Waals surface area (Å²) in [4.78, 5) is 28.0. The molecule has 1 aliphatic rings. The van der Waals surface area contributed by atoms with E-state index in [1.165, 1.54) is 0 Å². The molecule has 1 aliphatic carbocycles. The van der Waals surface area contributed by atoms with Crippen LogP contribution in [0.5, 0.6) is 0 Å². The Kier molecular flexibility index (Phi) is 3.88. The van der Waals surface area contributed by atoms with Crippen LogP contribution in [0, 0.1) is 5.41 Å². The van der Waals surface area contributed by atoms with Gasteiger partial charge in [-0.15, -0.1) is 0 Å². The number of nitrogens with zero attached hydrogens (tertiary/aromatic N) is 6. The Morgan fingerprint density at radius 2 is 1.38 bits per heavy atom. The molecular formula is C8H10N6O2. The van der Waals surface area contributed by atoms with E-state index in [1.54, 1.807) is 0 Å². The topological polar surface area (TPSA) is 132 Å². The van der Waals surface area contributed by atoms with Crippen molar-refractivity contribution in [2.24, 2.45) is 15.6 Å². The predicted octanol–water partition coefficient (Wildman–Crippen LogP) is 2.61. The summed E-state index contributed by atoms with van der Waals surface area (Å²) in [6.45, 7) is 0. The molecule has 0 bridgehead atoms. The SMILES string of the molecule is [N-]=[N+]=NC(=O)C1(C(=O)N=[N+]=[N-])CCCCC1. The molecular weight excluding hydrogens is 212 g/mol. The second-order valence-electron chi connectivity index (χ2n) is 3.63. The first-order chi connectivity index (χ1) is 7.67. The van der Waals surface area contributed by atoms with Crippen molar-refractivity contribution in [2.45, 2.75) is 32.1 Å². The monoisotopic (exact) mass is 222 g/mol. The van der Waals surface area contributed by atoms with Gasteiger partial charge in [-0.2, -0.15) is 0 Å². The molecule has 84 valence electrons. The smallest absolute Gasteiger partial charge is 0.232 e. The van der Waals surface area contributed by atoms with Crippen molar-refractivity contribution in [1.82, 2.24) is 0 Å². The molecule has 0 aromatic rings. The Hall–Kier alpha value is -2.04. The fraction of sp³-hybridized carbons (Fsp3) is 0.750. The minimum atomic E-state index is -1.42. The van der Waals surface area contributed by atoms with E-state index in [9.17, 15) is 9.59 Å². The quantitative estimate of drug-likeness (QED) is 0.307. The highest BCUT2D eigenvalue weighted by Gasteiger charge is 2.44. The van der Waals surface area contributed by atoms with Crippen LogP contribution in [0.15, 0.2) is 10.2 Å². The molecule has 2 amide bonds. The van der Waals surface area contributed by atoms with Crippen molar-refractivity contribution >= 4 is 11.8 Å². The molecule has 0 aliphatic heterocycles. The van der Waals surface area contributed by atoms with Crippen LogP contribution in [0.3, 0.4) is 0 Å². The second-order valence-corrected chi connectivity index (χ2v) is 3.63. The van der Waals surface area contributed by atoms with Gasteiger partial charge in [0.05, 0.1) is 0 Å². The molecule has 0 atom stereocenters. The van der Waals surface area contributed by atoms with Gasteiger partial charge in [-0.25, -0.2) is 0 Å². The van der Waals surface area contributed by atoms with E-state index in [0.717, 1.165) is 6.42 Å². The summed E-state index contributed by atoms with van der Waals surface area (Å²) in [5, 5.41) is 5.92. The Labute approximate surface area is 90.9 Å². The summed E-state index contributed by atoms with van der Waals surface area (Å²) < 4.78 is 0. The first-order valence-corrected chi connectivity index (χ1v) is 4.86. The van der Waals surface area contributed by atoms with E-state index in [4.69, 9.17) is 11.1 Å². The number of azide groups is 2. The van der Waals surface area contributed by atoms with Crippen molar-refractivity contribution < 1.29 is 9.59 Å². The summed E-state index contributed by atoms with van der Waals surface area (Å²) in [5.41, 5.74) is 15.0. The lowest BCUT2D eigenvalue weighted by Crippen LogP contribution is -2.39. The highest BCUT2D eigenvalue weighted by Crippen LogP contribution is 2.38. The largest absolute Gasteiger partial charge is 0.291 e. The number of hydrogen-bond donors (Lipinski definition) is 0. The number of hydrogen-bond acceptors (Lipinski definition) is 2. The summed E-state index contributed by atoms with van der Waals surface area (Å²) in [6.07, 6.45) is 2.83. The summed E-state index contributed by atoms with van der Waals surface area (Å²) in [5.74, 6) is -1.68. The minimum Gasteiger partial charge on any atom is -0.291 e. The first kappa shape index (κ1) is 12.0. The lowest BCUT2D eigenvalue weighted by molar-refractivity contribution is -0.141. The standard InChI is InChI=1S/C8H10N6O2/c9-13-11-6(15)8(7(16)12-14-10)4-2-1-3-5-8/h1-5H2. The maximum atomic E-state index is 11.6. The fourth-order valence-electron chi connectivity index (χ4n) is 1.95. The lowest BCUT2D eigenvalue weighted by atomic mass is 9.73. The van der Waals surface area contributed by atoms with Gasteiger partial charge in [-0.05, 0) is 34.1 Å². The molecule has 0 unspecified atom stereocenters. The van der Waals surface area contributed by atoms with Crippen LogP contribution < -0.4 is 0 Å². The van der Waals surface area contributed by atoms with Crippen LogP contribution in [0.2, 0.25) is 0 Å². The van der Waals surface area contributed by atoms with Crippen molar-refractivity contribution in [3.8, 4) is 0 Å². The van der Waals surface area contributed by atoms with E-state index in [-0.39, 0.29) is 12.8 Å². The van der Waals surface area contributed by atoms with Crippen LogP contribution >= 0.6 is 0 Å². The zero-order valence-electron chi connectivity index (χ0n) is 8.54. The maximum absolute atomic E-state index is 11.6. The maximum Gasteiger partial charge on any atom is 0.232 e. The highest BCUT2D eigenvalue weighted by molar-refractivity contribution is 6.05. The number of rotatable bonds is 2. The molecule has 0 spiro atoms. The first-order valence-electron chi connectivity index (χ1n) is 4.86.